The number of alkyl halides is 4. The Bertz CT molecular complexity index is 2290. The van der Waals surface area contributed by atoms with E-state index in [4.69, 9.17) is 19.4 Å². The molecule has 0 spiro atoms. The van der Waals surface area contributed by atoms with Crippen molar-refractivity contribution in [2.75, 3.05) is 14.2 Å². The van der Waals surface area contributed by atoms with E-state index in [-0.39, 0.29) is 87.3 Å². The molecule has 0 unspecified atom stereocenters. The van der Waals surface area contributed by atoms with Crippen LogP contribution in [0.3, 0.4) is 0 Å². The second kappa shape index (κ2) is 17.0. The lowest BCUT2D eigenvalue weighted by Gasteiger charge is -2.37. The van der Waals surface area contributed by atoms with Gasteiger partial charge in [0.05, 0.1) is 50.1 Å². The summed E-state index contributed by atoms with van der Waals surface area (Å²) in [4.78, 5) is 73.1. The molecule has 4 saturated carbocycles. The minimum atomic E-state index is -2.77. The quantitative estimate of drug-likeness (QED) is 0.108. The van der Waals surface area contributed by atoms with Gasteiger partial charge in [-0.1, -0.05) is 48.5 Å². The van der Waals surface area contributed by atoms with Crippen molar-refractivity contribution in [3.05, 3.63) is 72.6 Å². The first-order valence-corrected chi connectivity index (χ1v) is 23.1. The van der Waals surface area contributed by atoms with Crippen LogP contribution in [-0.4, -0.2) is 104 Å². The summed E-state index contributed by atoms with van der Waals surface area (Å²) in [6.45, 7) is 0. The number of fused-ring (bicyclic) bond motifs is 2. The van der Waals surface area contributed by atoms with Crippen molar-refractivity contribution in [2.24, 2.45) is 23.7 Å². The fraction of sp³-hybridized carbons (Fsp3) is 0.542. The summed E-state index contributed by atoms with van der Waals surface area (Å²) in [5, 5.41) is 5.36. The highest BCUT2D eigenvalue weighted by Crippen LogP contribution is 2.55. The highest BCUT2D eigenvalue weighted by atomic mass is 19.3. The van der Waals surface area contributed by atoms with Crippen molar-refractivity contribution in [1.29, 1.82) is 0 Å². The number of nitrogens with one attached hydrogen (secondary N) is 4. The minimum Gasteiger partial charge on any atom is -0.453 e. The van der Waals surface area contributed by atoms with Gasteiger partial charge in [-0.05, 0) is 97.3 Å². The van der Waals surface area contributed by atoms with Crippen molar-refractivity contribution in [3.63, 3.8) is 0 Å². The first kappa shape index (κ1) is 43.9. The van der Waals surface area contributed by atoms with Crippen LogP contribution in [-0.2, 0) is 19.1 Å². The molecule has 14 nitrogen and oxygen atoms in total. The van der Waals surface area contributed by atoms with Gasteiger partial charge in [0, 0.05) is 37.8 Å². The van der Waals surface area contributed by atoms with E-state index in [1.54, 1.807) is 22.2 Å². The Balaban J connectivity index is 0.800. The summed E-state index contributed by atoms with van der Waals surface area (Å²) < 4.78 is 65.9. The number of carbonyl (C=O) groups is 4. The number of aromatic nitrogens is 4. The number of piperidine rings is 2. The maximum atomic E-state index is 14.2. The molecule has 2 saturated heterocycles. The van der Waals surface area contributed by atoms with Crippen LogP contribution in [0.2, 0.25) is 0 Å². The minimum absolute atomic E-state index is 0.00828. The van der Waals surface area contributed by atoms with Crippen LogP contribution in [0.4, 0.5) is 27.2 Å². The Kier molecular flexibility index (Phi) is 11.3. The number of imidazole rings is 2. The number of rotatable bonds is 11. The summed E-state index contributed by atoms with van der Waals surface area (Å²) >= 11 is 0. The lowest BCUT2D eigenvalue weighted by molar-refractivity contribution is -0.139. The third-order valence-electron chi connectivity index (χ3n) is 15.2. The highest BCUT2D eigenvalue weighted by Gasteiger charge is 2.58. The van der Waals surface area contributed by atoms with Crippen LogP contribution < -0.4 is 10.6 Å². The van der Waals surface area contributed by atoms with Gasteiger partial charge in [0.25, 0.3) is 0 Å². The number of hydrogen-bond acceptors (Lipinski definition) is 8. The Morgan fingerprint density at radius 3 is 1.29 bits per heavy atom. The molecule has 8 atom stereocenters. The molecule has 4 N–H and O–H groups in total. The Morgan fingerprint density at radius 1 is 0.591 bits per heavy atom. The zero-order chi connectivity index (χ0) is 46.1. The molecular formula is C48H54F4N8O6. The van der Waals surface area contributed by atoms with Crippen molar-refractivity contribution in [2.45, 2.75) is 125 Å². The predicted molar refractivity (Wildman–Crippen MR) is 232 cm³/mol. The van der Waals surface area contributed by atoms with Gasteiger partial charge in [-0.2, -0.15) is 0 Å². The van der Waals surface area contributed by atoms with Crippen LogP contribution >= 0.6 is 0 Å². The molecule has 4 aliphatic carbocycles. The Labute approximate surface area is 379 Å². The summed E-state index contributed by atoms with van der Waals surface area (Å²) in [5.41, 5.74) is 5.34. The summed E-state index contributed by atoms with van der Waals surface area (Å²) in [5.74, 6) is -5.08. The molecule has 350 valence electrons. The number of halogens is 4. The largest absolute Gasteiger partial charge is 0.453 e. The number of likely N-dealkylation sites (tertiary alicyclic amines) is 2. The maximum Gasteiger partial charge on any atom is 0.407 e. The van der Waals surface area contributed by atoms with Crippen molar-refractivity contribution in [3.8, 4) is 33.6 Å². The molecule has 4 aromatic rings. The van der Waals surface area contributed by atoms with Gasteiger partial charge >= 0.3 is 12.2 Å². The van der Waals surface area contributed by atoms with Crippen molar-refractivity contribution in [1.82, 2.24) is 40.4 Å². The molecular weight excluding hydrogens is 861 g/mol. The summed E-state index contributed by atoms with van der Waals surface area (Å²) in [7, 11) is 2.43. The fourth-order valence-corrected chi connectivity index (χ4v) is 11.3. The van der Waals surface area contributed by atoms with E-state index in [1.807, 2.05) is 48.5 Å². The van der Waals surface area contributed by atoms with E-state index in [0.717, 1.165) is 59.3 Å². The molecule has 2 aromatic heterocycles. The van der Waals surface area contributed by atoms with E-state index < -0.39 is 48.0 Å². The molecule has 2 aromatic carbocycles. The number of benzene rings is 2. The van der Waals surface area contributed by atoms with E-state index >= 15 is 0 Å². The number of alkyl carbamates (subject to hydrolysis) is 2. The number of aromatic amines is 2. The van der Waals surface area contributed by atoms with Gasteiger partial charge in [0.1, 0.15) is 23.7 Å². The average Bonchev–Trinajstić information content (AvgIpc) is 3.90. The van der Waals surface area contributed by atoms with Gasteiger partial charge < -0.3 is 39.9 Å². The number of H-pyrrole nitrogens is 2. The van der Waals surface area contributed by atoms with E-state index in [0.29, 0.717) is 23.5 Å². The number of amides is 4. The Morgan fingerprint density at radius 2 is 0.939 bits per heavy atom. The molecule has 4 amide bonds. The third-order valence-corrected chi connectivity index (χ3v) is 15.2. The molecule has 0 bridgehead atoms. The van der Waals surface area contributed by atoms with Crippen LogP contribution in [0, 0.1) is 23.7 Å². The number of hydrogen-bond donors (Lipinski definition) is 4. The molecule has 66 heavy (non-hydrogen) atoms. The molecule has 10 rings (SSSR count). The monoisotopic (exact) mass is 914 g/mol. The first-order chi connectivity index (χ1) is 31.7. The normalized spacial score (nSPS) is 27.3. The number of ether oxygens (including phenoxy) is 2. The van der Waals surface area contributed by atoms with Crippen LogP contribution in [0.25, 0.3) is 33.6 Å². The zero-order valence-corrected chi connectivity index (χ0v) is 36.8. The smallest absolute Gasteiger partial charge is 0.407 e. The van der Waals surface area contributed by atoms with Gasteiger partial charge in [-0.15, -0.1) is 0 Å². The molecule has 2 aliphatic heterocycles. The third kappa shape index (κ3) is 8.62. The molecule has 6 fully saturated rings. The van der Waals surface area contributed by atoms with E-state index in [2.05, 4.69) is 20.6 Å². The van der Waals surface area contributed by atoms with Gasteiger partial charge in [-0.25, -0.2) is 37.1 Å². The fourth-order valence-electron chi connectivity index (χ4n) is 11.3. The number of carbonyl (C=O) groups excluding carboxylic acids is 4. The molecule has 6 aliphatic rings. The second-order valence-corrected chi connectivity index (χ2v) is 19.3. The summed E-state index contributed by atoms with van der Waals surface area (Å²) in [6, 6.07) is 13.5. The van der Waals surface area contributed by atoms with Gasteiger partial charge in [0.2, 0.25) is 23.7 Å². The van der Waals surface area contributed by atoms with E-state index in [1.165, 1.54) is 14.2 Å². The summed E-state index contributed by atoms with van der Waals surface area (Å²) in [6.07, 6.45) is 4.30. The first-order valence-electron chi connectivity index (χ1n) is 23.1. The lowest BCUT2D eigenvalue weighted by Crippen LogP contribution is -2.54. The Hall–Kier alpha value is -5.94. The standard InChI is InChI=1S/C48H54F4N8O6/c1-65-45(63)57-39(29-11-15-47(49,50)16-12-29)43(61)59-35-19-31(35)21-37(59)41-53-23-33(55-41)27-7-3-25(4-8-27)26-5-9-28(10-6-26)34-24-54-42(56-34)38-22-32-20-36(32)60(38)44(62)40(58-46(64)66-2)30-13-17-48(51,52)18-14-30/h3-10,23-24,29-32,35-40H,11-22H2,1-2H3,(H,53,55)(H,54,56)(H,57,63)(H,58,64)/t31-,32-,35-,36-,37+,38+,39+,40+/m1/s1. The van der Waals surface area contributed by atoms with E-state index in [9.17, 15) is 36.7 Å². The zero-order valence-electron chi connectivity index (χ0n) is 36.8. The topological polar surface area (TPSA) is 175 Å². The maximum absolute atomic E-state index is 14.2. The van der Waals surface area contributed by atoms with Gasteiger partial charge in [-0.3, -0.25) is 9.59 Å². The molecule has 4 heterocycles. The molecule has 18 heteroatoms. The van der Waals surface area contributed by atoms with Crippen LogP contribution in [0.15, 0.2) is 60.9 Å². The SMILES string of the molecule is COC(=O)N[C@H](C(=O)N1[C@@H]2C[C@@H]2C[C@H]1c1ncc(-c2ccc(-c3ccc(-c4cnc([C@@H]5C[C@H]6C[C@H]6N5C(=O)[C@@H](NC(=O)OC)C5CCC(F)(F)CC5)[nH]4)cc3)cc2)[nH]1)C1CCC(F)(F)CC1. The lowest BCUT2D eigenvalue weighted by atomic mass is 9.81. The predicted octanol–water partition coefficient (Wildman–Crippen LogP) is 8.56. The average molecular weight is 915 g/mol. The van der Waals surface area contributed by atoms with Crippen molar-refractivity contribution >= 4 is 24.0 Å². The number of methoxy groups -OCH3 is 2. The van der Waals surface area contributed by atoms with Crippen LogP contribution in [0.1, 0.15) is 101 Å². The van der Waals surface area contributed by atoms with Gasteiger partial charge in [0.15, 0.2) is 0 Å². The van der Waals surface area contributed by atoms with Crippen molar-refractivity contribution < 1.29 is 46.2 Å². The number of nitrogens with zero attached hydrogens (tertiary/aromatic N) is 4. The molecule has 0 radical (unpaired) electrons. The highest BCUT2D eigenvalue weighted by molar-refractivity contribution is 5.88. The van der Waals surface area contributed by atoms with Crippen LogP contribution in [0.5, 0.6) is 0 Å². The second-order valence-electron chi connectivity index (χ2n) is 19.3.